The Labute approximate surface area is 230 Å². The van der Waals surface area contributed by atoms with E-state index in [2.05, 4.69) is 30.1 Å². The number of aliphatic hydroxyl groups is 2. The monoisotopic (exact) mass is 526 g/mol. The summed E-state index contributed by atoms with van der Waals surface area (Å²) in [6, 6.07) is 6.35. The number of carbonyl (C=O) groups excluding carboxylic acids is 1. The van der Waals surface area contributed by atoms with Crippen molar-refractivity contribution in [2.24, 2.45) is 35.3 Å². The van der Waals surface area contributed by atoms with Gasteiger partial charge in [-0.25, -0.2) is 4.79 Å². The standard InChI is InChI=1S/C32H50N2O4/c1-8-9-13-22(3)29(34-32(33)38)26(7)31(37)25(6)19-21(2)18-24(5)30(36)23(4)14-10-11-15-27-16-12-17-28(35)20-27/h8-10,12-14,16-18,20,22-26,29-31,35-37H,1,11,15,19H2,2-7H3,(H3,33,34,38)/t22-,23-,24-,25-,26+,29-,30-,31+/m0/s1. The molecule has 1 aromatic carbocycles. The van der Waals surface area contributed by atoms with Crippen LogP contribution in [-0.4, -0.2) is 39.6 Å². The van der Waals surface area contributed by atoms with Gasteiger partial charge in [-0.1, -0.05) is 95.4 Å². The minimum atomic E-state index is -0.650. The van der Waals surface area contributed by atoms with Crippen molar-refractivity contribution in [2.45, 2.75) is 79.1 Å². The van der Waals surface area contributed by atoms with Gasteiger partial charge < -0.3 is 26.4 Å². The first-order chi connectivity index (χ1) is 17.9. The van der Waals surface area contributed by atoms with Gasteiger partial charge in [0.2, 0.25) is 0 Å². The van der Waals surface area contributed by atoms with Crippen LogP contribution in [0.4, 0.5) is 4.79 Å². The third kappa shape index (κ3) is 11.7. The molecular formula is C32H50N2O4. The molecule has 0 aliphatic rings. The van der Waals surface area contributed by atoms with Gasteiger partial charge in [0.05, 0.1) is 12.2 Å². The molecular weight excluding hydrogens is 476 g/mol. The van der Waals surface area contributed by atoms with Crippen LogP contribution in [0.5, 0.6) is 5.75 Å². The Kier molecular flexibility index (Phi) is 14.8. The first-order valence-corrected chi connectivity index (χ1v) is 13.7. The molecule has 6 heteroatoms. The lowest BCUT2D eigenvalue weighted by atomic mass is 9.80. The topological polar surface area (TPSA) is 116 Å². The zero-order chi connectivity index (χ0) is 28.8. The van der Waals surface area contributed by atoms with Gasteiger partial charge in [0.15, 0.2) is 0 Å². The fourth-order valence-electron chi connectivity index (χ4n) is 5.12. The van der Waals surface area contributed by atoms with E-state index >= 15 is 0 Å². The Balaban J connectivity index is 2.70. The molecule has 212 valence electrons. The van der Waals surface area contributed by atoms with Crippen molar-refractivity contribution in [1.82, 2.24) is 5.32 Å². The number of amides is 2. The number of hydrogen-bond donors (Lipinski definition) is 5. The van der Waals surface area contributed by atoms with Crippen LogP contribution in [0.1, 0.15) is 59.9 Å². The summed E-state index contributed by atoms with van der Waals surface area (Å²) in [7, 11) is 0. The van der Waals surface area contributed by atoms with Crippen LogP contribution < -0.4 is 11.1 Å². The van der Waals surface area contributed by atoms with Crippen LogP contribution in [0.3, 0.4) is 0 Å². The summed E-state index contributed by atoms with van der Waals surface area (Å²) in [5.41, 5.74) is 7.60. The predicted octanol–water partition coefficient (Wildman–Crippen LogP) is 5.90. The van der Waals surface area contributed by atoms with E-state index in [9.17, 15) is 20.1 Å². The number of allylic oxidation sites excluding steroid dienone is 4. The zero-order valence-corrected chi connectivity index (χ0v) is 24.0. The van der Waals surface area contributed by atoms with Crippen LogP contribution >= 0.6 is 0 Å². The summed E-state index contributed by atoms with van der Waals surface area (Å²) in [4.78, 5) is 11.6. The van der Waals surface area contributed by atoms with Gasteiger partial charge in [-0.2, -0.15) is 0 Å². The largest absolute Gasteiger partial charge is 0.508 e. The zero-order valence-electron chi connectivity index (χ0n) is 24.0. The quantitative estimate of drug-likeness (QED) is 0.136. The Hall–Kier alpha value is -2.83. The number of primary amides is 1. The molecule has 0 spiro atoms. The molecule has 38 heavy (non-hydrogen) atoms. The van der Waals surface area contributed by atoms with E-state index in [1.807, 2.05) is 65.8 Å². The molecule has 1 aromatic rings. The van der Waals surface area contributed by atoms with Crippen molar-refractivity contribution in [3.05, 3.63) is 78.4 Å². The number of carbonyl (C=O) groups is 1. The molecule has 6 nitrogen and oxygen atoms in total. The van der Waals surface area contributed by atoms with E-state index in [0.29, 0.717) is 6.42 Å². The van der Waals surface area contributed by atoms with E-state index in [0.717, 1.165) is 24.0 Å². The molecule has 2 amide bonds. The van der Waals surface area contributed by atoms with Crippen molar-refractivity contribution in [1.29, 1.82) is 0 Å². The molecule has 0 unspecified atom stereocenters. The highest BCUT2D eigenvalue weighted by atomic mass is 16.3. The third-order valence-corrected chi connectivity index (χ3v) is 7.33. The Morgan fingerprint density at radius 3 is 2.34 bits per heavy atom. The maximum atomic E-state index is 11.6. The molecule has 6 N–H and O–H groups in total. The molecule has 0 saturated carbocycles. The van der Waals surface area contributed by atoms with Crippen LogP contribution in [0.2, 0.25) is 0 Å². The summed E-state index contributed by atoms with van der Waals surface area (Å²) >= 11 is 0. The number of urea groups is 1. The lowest BCUT2D eigenvalue weighted by Gasteiger charge is -2.34. The van der Waals surface area contributed by atoms with E-state index < -0.39 is 18.2 Å². The number of nitrogens with two attached hydrogens (primary N) is 1. The Morgan fingerprint density at radius 2 is 1.74 bits per heavy atom. The lowest BCUT2D eigenvalue weighted by Crippen LogP contribution is -2.50. The normalized spacial score (nSPS) is 18.9. The summed E-state index contributed by atoms with van der Waals surface area (Å²) in [5, 5.41) is 34.4. The summed E-state index contributed by atoms with van der Waals surface area (Å²) in [5.74, 6) is -0.0721. The second-order valence-corrected chi connectivity index (χ2v) is 10.9. The van der Waals surface area contributed by atoms with Crippen molar-refractivity contribution in [2.75, 3.05) is 0 Å². The van der Waals surface area contributed by atoms with Gasteiger partial charge in [-0.15, -0.1) is 0 Å². The molecule has 0 bridgehead atoms. The number of aromatic hydroxyl groups is 1. The van der Waals surface area contributed by atoms with Crippen molar-refractivity contribution in [3.63, 3.8) is 0 Å². The molecule has 0 aliphatic carbocycles. The maximum absolute atomic E-state index is 11.6. The van der Waals surface area contributed by atoms with Gasteiger partial charge in [0.25, 0.3) is 0 Å². The molecule has 8 atom stereocenters. The minimum absolute atomic E-state index is 0.00741. The summed E-state index contributed by atoms with van der Waals surface area (Å²) < 4.78 is 0. The SMILES string of the molecule is C=CC=C[C@H](C)[C@H](NC(N)=O)[C@@H](C)[C@H](O)[C@@H](C)CC(C)=C[C@H](C)[C@@H](O)[C@@H](C)C=CCCc1cccc(O)c1. The average molecular weight is 527 g/mol. The van der Waals surface area contributed by atoms with E-state index in [1.54, 1.807) is 18.2 Å². The maximum Gasteiger partial charge on any atom is 0.312 e. The molecule has 0 heterocycles. The van der Waals surface area contributed by atoms with Gasteiger partial charge in [0.1, 0.15) is 5.75 Å². The van der Waals surface area contributed by atoms with Crippen LogP contribution in [0, 0.1) is 29.6 Å². The van der Waals surface area contributed by atoms with E-state index in [1.165, 1.54) is 0 Å². The summed E-state index contributed by atoms with van der Waals surface area (Å²) in [6.07, 6.45) is 12.8. The number of phenols is 1. The molecule has 0 fully saturated rings. The van der Waals surface area contributed by atoms with Gasteiger partial charge in [-0.3, -0.25) is 0 Å². The van der Waals surface area contributed by atoms with Crippen LogP contribution in [-0.2, 0) is 6.42 Å². The van der Waals surface area contributed by atoms with E-state index in [4.69, 9.17) is 5.73 Å². The Bertz CT molecular complexity index is 955. The number of aryl methyl sites for hydroxylation is 1. The average Bonchev–Trinajstić information content (AvgIpc) is 2.86. The second kappa shape index (κ2) is 16.9. The molecule has 0 saturated heterocycles. The van der Waals surface area contributed by atoms with Crippen molar-refractivity contribution < 1.29 is 20.1 Å². The first kappa shape index (κ1) is 33.2. The van der Waals surface area contributed by atoms with E-state index in [-0.39, 0.29) is 41.4 Å². The number of benzene rings is 1. The second-order valence-electron chi connectivity index (χ2n) is 10.9. The molecule has 0 radical (unpaired) electrons. The first-order valence-electron chi connectivity index (χ1n) is 13.7. The Morgan fingerprint density at radius 1 is 1.05 bits per heavy atom. The van der Waals surface area contributed by atoms with Crippen LogP contribution in [0.25, 0.3) is 0 Å². The molecule has 0 aliphatic heterocycles. The van der Waals surface area contributed by atoms with Crippen molar-refractivity contribution >= 4 is 6.03 Å². The highest BCUT2D eigenvalue weighted by molar-refractivity contribution is 5.72. The smallest absolute Gasteiger partial charge is 0.312 e. The fourth-order valence-corrected chi connectivity index (χ4v) is 5.12. The number of hydrogen-bond acceptors (Lipinski definition) is 4. The van der Waals surface area contributed by atoms with Gasteiger partial charge in [-0.05, 0) is 55.7 Å². The van der Waals surface area contributed by atoms with Gasteiger partial charge in [0, 0.05) is 23.8 Å². The molecule has 0 aromatic heterocycles. The van der Waals surface area contributed by atoms with Crippen molar-refractivity contribution in [3.8, 4) is 5.75 Å². The molecule has 1 rings (SSSR count). The number of rotatable bonds is 16. The number of nitrogens with one attached hydrogen (secondary N) is 1. The number of phenolic OH excluding ortho intramolecular Hbond substituents is 1. The van der Waals surface area contributed by atoms with Crippen LogP contribution in [0.15, 0.2) is 72.9 Å². The minimum Gasteiger partial charge on any atom is -0.508 e. The van der Waals surface area contributed by atoms with Gasteiger partial charge >= 0.3 is 6.03 Å². The number of aliphatic hydroxyl groups excluding tert-OH is 2. The predicted molar refractivity (Wildman–Crippen MR) is 158 cm³/mol. The highest BCUT2D eigenvalue weighted by Crippen LogP contribution is 2.27. The summed E-state index contributed by atoms with van der Waals surface area (Å²) in [6.45, 7) is 15.6. The lowest BCUT2D eigenvalue weighted by molar-refractivity contribution is 0.0428. The highest BCUT2D eigenvalue weighted by Gasteiger charge is 2.31. The third-order valence-electron chi connectivity index (χ3n) is 7.33. The fraction of sp³-hybridized carbons (Fsp3) is 0.531.